The summed E-state index contributed by atoms with van der Waals surface area (Å²) in [5, 5.41) is 3.34. The molecule has 3 aromatic rings. The van der Waals surface area contributed by atoms with Gasteiger partial charge in [-0.2, -0.15) is 0 Å². The third-order valence-electron chi connectivity index (χ3n) is 25.5. The summed E-state index contributed by atoms with van der Waals surface area (Å²) < 4.78 is 150. The zero-order valence-electron chi connectivity index (χ0n) is 68.4. The summed E-state index contributed by atoms with van der Waals surface area (Å²) >= 11 is 0. The maximum Gasteiger partial charge on any atom is 0.410 e. The molecule has 4 aliphatic heterocycles. The number of carbonyl (C=O) groups is 2. The number of halogens is 10. The van der Waals surface area contributed by atoms with E-state index in [2.05, 4.69) is 81.8 Å². The van der Waals surface area contributed by atoms with Crippen LogP contribution in [0.1, 0.15) is 235 Å². The number of fused-ring (bicyclic) bond motifs is 1. The molecule has 0 radical (unpaired) electrons. The number of hydrogen-bond acceptors (Lipinski definition) is 11. The lowest BCUT2D eigenvalue weighted by atomic mass is 9.81. The van der Waals surface area contributed by atoms with Crippen LogP contribution in [-0.2, 0) is 29.1 Å². The molecular weight excluding hydrogens is 1420 g/mol. The van der Waals surface area contributed by atoms with E-state index in [1.54, 1.807) is 30.6 Å². The van der Waals surface area contributed by atoms with E-state index in [0.717, 1.165) is 109 Å². The molecule has 6 saturated carbocycles. The SMILES string of the molecule is CC(C)N1CC[C@@H](N(Cc2ccccc2)[C@H]2CCCC(F)(F)[C@H]2C)C1.CC(C)N1CC[C@@H](N(Cc2ccccc2)[C@H]2CCCC(F)(F)[C@H]2N)C1.C[C@H]1[C@@H](N(Cc2ccccc2)[C@@H]2CCN(C(=O)OC(C)(C)C)C2)CCCC1(F)F.C[C@H]1[C@@H](N[C@@H]2CCN(C(=O)OC(C)(C)C)C2)CCCC1(F)F.FC1(F)CCC[C@@H]2C[C@H]21. The van der Waals surface area contributed by atoms with Crippen molar-refractivity contribution in [2.24, 2.45) is 35.3 Å². The van der Waals surface area contributed by atoms with Gasteiger partial charge in [-0.1, -0.05) is 112 Å². The zero-order valence-corrected chi connectivity index (χ0v) is 68.4. The molecule has 622 valence electrons. The van der Waals surface area contributed by atoms with E-state index in [4.69, 9.17) is 15.2 Å². The maximum atomic E-state index is 14.5. The molecule has 13 nitrogen and oxygen atoms in total. The minimum absolute atomic E-state index is 0.0129. The molecule has 3 aromatic carbocycles. The number of amides is 2. The third-order valence-corrected chi connectivity index (χ3v) is 25.5. The predicted molar refractivity (Wildman–Crippen MR) is 418 cm³/mol. The van der Waals surface area contributed by atoms with Crippen LogP contribution < -0.4 is 11.1 Å². The molecule has 110 heavy (non-hydrogen) atoms. The summed E-state index contributed by atoms with van der Waals surface area (Å²) in [6.45, 7) is 33.4. The normalized spacial score (nSPS) is 31.1. The second-order valence-electron chi connectivity index (χ2n) is 36.6. The fourth-order valence-corrected chi connectivity index (χ4v) is 18.6. The van der Waals surface area contributed by atoms with Gasteiger partial charge in [0.2, 0.25) is 0 Å². The van der Waals surface area contributed by atoms with Crippen molar-refractivity contribution in [1.29, 1.82) is 0 Å². The van der Waals surface area contributed by atoms with Gasteiger partial charge in [0.25, 0.3) is 29.6 Å². The van der Waals surface area contributed by atoms with Crippen LogP contribution in [0, 0.1) is 29.6 Å². The lowest BCUT2D eigenvalue weighted by Crippen LogP contribution is -2.61. The lowest BCUT2D eigenvalue weighted by molar-refractivity contribution is -0.119. The van der Waals surface area contributed by atoms with Crippen LogP contribution in [0.3, 0.4) is 0 Å². The summed E-state index contributed by atoms with van der Waals surface area (Å²) in [7, 11) is 0. The zero-order chi connectivity index (χ0) is 80.3. The molecule has 4 heterocycles. The number of likely N-dealkylation sites (tertiary alicyclic amines) is 4. The second-order valence-corrected chi connectivity index (χ2v) is 36.6. The first kappa shape index (κ1) is 89.2. The Hall–Kier alpha value is -4.78. The van der Waals surface area contributed by atoms with Gasteiger partial charge in [0, 0.05) is 188 Å². The Labute approximate surface area is 652 Å². The van der Waals surface area contributed by atoms with E-state index in [0.29, 0.717) is 95.0 Å². The molecule has 10 aliphatic rings. The Morgan fingerprint density at radius 2 is 0.809 bits per heavy atom. The van der Waals surface area contributed by atoms with Crippen LogP contribution in [0.15, 0.2) is 91.0 Å². The Morgan fingerprint density at radius 1 is 0.455 bits per heavy atom. The Balaban J connectivity index is 0.000000163. The number of hydrogen-bond donors (Lipinski definition) is 2. The van der Waals surface area contributed by atoms with Gasteiger partial charge in [0.05, 0.1) is 6.04 Å². The number of ether oxygens (including phenoxy) is 2. The summed E-state index contributed by atoms with van der Waals surface area (Å²) in [6.07, 6.45) is 11.2. The largest absolute Gasteiger partial charge is 0.444 e. The summed E-state index contributed by atoms with van der Waals surface area (Å²) in [5.74, 6) is -14.5. The first-order valence-corrected chi connectivity index (χ1v) is 41.9. The van der Waals surface area contributed by atoms with E-state index in [-0.39, 0.29) is 86.5 Å². The van der Waals surface area contributed by atoms with Crippen LogP contribution in [0.2, 0.25) is 0 Å². The number of alkyl halides is 10. The fraction of sp³-hybridized carbons (Fsp3) is 0.770. The standard InChI is InChI=1S/C23H34F2N2O2.C21H32F2N2.C20H31F2N3.C16H28F2N2O2.C7H10F2/c1-17-20(11-8-13-23(17,24)25)27(15-18-9-6-5-7-10-18)19-12-14-26(16-19)21(28)29-22(2,3)4;1-16(2)24-13-11-19(15-24)25(14-18-8-5-4-6-9-18)20-10-7-12-21(22,23)17(20)3;1-15(2)24-12-10-17(14-24)25(13-16-7-4-3-5-8-16)18-9-6-11-20(21,22)19(18)23;1-11-13(6-5-8-16(11,17)18)19-12-7-9-20(10-12)14(21)22-15(2,3)4;8-7(9)3-1-2-5-4-6(5)7/h5-7,9-10,17,19-20H,8,11-16H2,1-4H3;4-6,8-9,16-17,19-20H,7,10-15H2,1-3H3;3-5,7-8,15,17-19H,6,9-14,23H2,1-2H3;11-13,19H,5-10H2,1-4H3;5-6H,1-4H2/t2*17-,19+,20-;17-,18+,19+;11-,12+,13-;5-,6-/m00101/s1. The minimum atomic E-state index is -2.76. The van der Waals surface area contributed by atoms with E-state index < -0.39 is 64.6 Å². The molecule has 13 rings (SSSR count). The van der Waals surface area contributed by atoms with Crippen LogP contribution >= 0.6 is 0 Å². The van der Waals surface area contributed by atoms with Gasteiger partial charge in [0.1, 0.15) is 11.2 Å². The molecule has 0 unspecified atom stereocenters. The topological polar surface area (TPSA) is 113 Å². The molecule has 0 bridgehead atoms. The molecule has 3 N–H and O–H groups in total. The van der Waals surface area contributed by atoms with Crippen molar-refractivity contribution in [2.75, 3.05) is 52.4 Å². The smallest absolute Gasteiger partial charge is 0.410 e. The van der Waals surface area contributed by atoms with Crippen molar-refractivity contribution in [3.8, 4) is 0 Å². The number of benzene rings is 3. The average molecular weight is 1560 g/mol. The molecule has 4 saturated heterocycles. The number of carbonyl (C=O) groups excluding carboxylic acids is 2. The van der Waals surface area contributed by atoms with E-state index in [9.17, 15) is 53.5 Å². The first-order valence-electron chi connectivity index (χ1n) is 41.9. The monoisotopic (exact) mass is 1560 g/mol. The Kier molecular flexibility index (Phi) is 31.1. The van der Waals surface area contributed by atoms with Gasteiger partial charge in [-0.05, 0) is 188 Å². The molecule has 0 spiro atoms. The average Bonchev–Trinajstić information content (AvgIpc) is 1.64. The molecule has 14 atom stereocenters. The molecular formula is C87H135F10N9O4. The Morgan fingerprint density at radius 3 is 1.22 bits per heavy atom. The predicted octanol–water partition coefficient (Wildman–Crippen LogP) is 19.5. The van der Waals surface area contributed by atoms with E-state index in [1.165, 1.54) is 11.1 Å². The highest BCUT2D eigenvalue weighted by Crippen LogP contribution is 2.57. The number of nitrogens with one attached hydrogen (secondary N) is 1. The molecule has 0 aromatic heterocycles. The van der Waals surface area contributed by atoms with Crippen molar-refractivity contribution in [3.05, 3.63) is 108 Å². The van der Waals surface area contributed by atoms with Crippen molar-refractivity contribution in [2.45, 2.75) is 345 Å². The van der Waals surface area contributed by atoms with E-state index in [1.807, 2.05) is 108 Å². The summed E-state index contributed by atoms with van der Waals surface area (Å²) in [5.41, 5.74) is 8.53. The van der Waals surface area contributed by atoms with Crippen molar-refractivity contribution in [1.82, 2.24) is 39.6 Å². The van der Waals surface area contributed by atoms with Crippen LogP contribution in [0.4, 0.5) is 53.5 Å². The van der Waals surface area contributed by atoms with Crippen LogP contribution in [0.5, 0.6) is 0 Å². The molecule has 23 heteroatoms. The fourth-order valence-electron chi connectivity index (χ4n) is 18.6. The molecule has 10 fully saturated rings. The highest BCUT2D eigenvalue weighted by atomic mass is 19.3. The quantitative estimate of drug-likeness (QED) is 0.134. The van der Waals surface area contributed by atoms with E-state index >= 15 is 0 Å². The minimum Gasteiger partial charge on any atom is -0.444 e. The summed E-state index contributed by atoms with van der Waals surface area (Å²) in [4.78, 5) is 39.8. The number of rotatable bonds is 16. The molecule has 6 aliphatic carbocycles. The second kappa shape index (κ2) is 38.3. The Bertz CT molecular complexity index is 3180. The summed E-state index contributed by atoms with van der Waals surface area (Å²) in [6, 6.07) is 30.6. The highest BCUT2D eigenvalue weighted by molar-refractivity contribution is 5.69. The first-order chi connectivity index (χ1) is 51.6. The van der Waals surface area contributed by atoms with Gasteiger partial charge in [-0.25, -0.2) is 53.5 Å². The third kappa shape index (κ3) is 24.9. The van der Waals surface area contributed by atoms with Gasteiger partial charge >= 0.3 is 12.2 Å². The van der Waals surface area contributed by atoms with Crippen molar-refractivity contribution in [3.63, 3.8) is 0 Å². The van der Waals surface area contributed by atoms with Gasteiger partial charge in [0.15, 0.2) is 0 Å². The number of nitrogens with two attached hydrogens (primary N) is 1. The van der Waals surface area contributed by atoms with Gasteiger partial charge < -0.3 is 30.3 Å². The highest BCUT2D eigenvalue weighted by Gasteiger charge is 2.57. The maximum absolute atomic E-state index is 14.5. The number of nitrogens with zero attached hydrogens (tertiary/aromatic N) is 7. The molecule has 2 amide bonds. The van der Waals surface area contributed by atoms with Gasteiger partial charge in [-0.3, -0.25) is 24.5 Å². The lowest BCUT2D eigenvalue weighted by Gasteiger charge is -2.45. The van der Waals surface area contributed by atoms with Gasteiger partial charge in [-0.15, -0.1) is 0 Å². The van der Waals surface area contributed by atoms with Crippen molar-refractivity contribution < 1.29 is 63.0 Å². The van der Waals surface area contributed by atoms with Crippen LogP contribution in [0.25, 0.3) is 0 Å². The van der Waals surface area contributed by atoms with Crippen molar-refractivity contribution >= 4 is 12.2 Å². The van der Waals surface area contributed by atoms with Crippen LogP contribution in [-0.4, -0.2) is 206 Å².